The van der Waals surface area contributed by atoms with Gasteiger partial charge in [-0.1, -0.05) is 58.5 Å². The number of ketones is 1. The molecule has 0 amide bonds. The molecule has 0 saturated carbocycles. The Bertz CT molecular complexity index is 796. The van der Waals surface area contributed by atoms with Crippen molar-refractivity contribution in [2.45, 2.75) is 47.5 Å². The van der Waals surface area contributed by atoms with Crippen LogP contribution in [0.15, 0.2) is 43.0 Å². The average molecular weight is 351 g/mol. The lowest BCUT2D eigenvalue weighted by Gasteiger charge is -2.20. The van der Waals surface area contributed by atoms with E-state index in [-0.39, 0.29) is 5.78 Å². The van der Waals surface area contributed by atoms with Crippen molar-refractivity contribution in [1.82, 2.24) is 0 Å². The molecule has 2 rings (SSSR count). The van der Waals surface area contributed by atoms with Gasteiger partial charge in [-0.2, -0.15) is 0 Å². The van der Waals surface area contributed by atoms with Crippen molar-refractivity contribution in [3.05, 3.63) is 70.8 Å². The Morgan fingerprint density at radius 1 is 1.04 bits per heavy atom. The predicted molar refractivity (Wildman–Crippen MR) is 110 cm³/mol. The van der Waals surface area contributed by atoms with Crippen molar-refractivity contribution in [2.24, 2.45) is 5.92 Å². The molecule has 0 N–H and O–H groups in total. The van der Waals surface area contributed by atoms with Crippen LogP contribution in [0.2, 0.25) is 0 Å². The SMILES string of the molecule is C=C(c1ccc(C(C)=O)cc1)c1cc(C(C)C)c(OCC(C)C)cc1C. The number of benzene rings is 2. The van der Waals surface area contributed by atoms with Gasteiger partial charge in [-0.05, 0) is 65.6 Å². The Balaban J connectivity index is 2.40. The zero-order valence-electron chi connectivity index (χ0n) is 16.8. The second kappa shape index (κ2) is 8.35. The van der Waals surface area contributed by atoms with Crippen LogP contribution in [-0.2, 0) is 0 Å². The lowest BCUT2D eigenvalue weighted by atomic mass is 9.90. The summed E-state index contributed by atoms with van der Waals surface area (Å²) in [6, 6.07) is 12.0. The molecule has 0 fully saturated rings. The van der Waals surface area contributed by atoms with Crippen LogP contribution in [0.1, 0.15) is 73.1 Å². The van der Waals surface area contributed by atoms with Crippen LogP contribution in [0.5, 0.6) is 5.75 Å². The zero-order valence-corrected chi connectivity index (χ0v) is 16.8. The van der Waals surface area contributed by atoms with Crippen molar-refractivity contribution < 1.29 is 9.53 Å². The van der Waals surface area contributed by atoms with E-state index in [4.69, 9.17) is 4.74 Å². The van der Waals surface area contributed by atoms with Gasteiger partial charge in [0.1, 0.15) is 5.75 Å². The van der Waals surface area contributed by atoms with Crippen LogP contribution in [0.3, 0.4) is 0 Å². The first-order chi connectivity index (χ1) is 12.2. The van der Waals surface area contributed by atoms with Crippen molar-refractivity contribution in [2.75, 3.05) is 6.61 Å². The molecule has 0 aliphatic rings. The monoisotopic (exact) mass is 350 g/mol. The number of Topliss-reactive ketones (excluding diaryl/α,β-unsaturated/α-hetero) is 1. The molecule has 0 aromatic heterocycles. The highest BCUT2D eigenvalue weighted by Gasteiger charge is 2.15. The molecule has 0 atom stereocenters. The molecule has 0 aliphatic heterocycles. The van der Waals surface area contributed by atoms with Gasteiger partial charge in [-0.25, -0.2) is 0 Å². The molecular formula is C24H30O2. The number of hydrogen-bond donors (Lipinski definition) is 0. The highest BCUT2D eigenvalue weighted by molar-refractivity contribution is 5.94. The topological polar surface area (TPSA) is 26.3 Å². The van der Waals surface area contributed by atoms with Crippen molar-refractivity contribution in [3.63, 3.8) is 0 Å². The van der Waals surface area contributed by atoms with E-state index in [2.05, 4.69) is 53.3 Å². The molecule has 2 heteroatoms. The van der Waals surface area contributed by atoms with Gasteiger partial charge in [0.15, 0.2) is 5.78 Å². The molecule has 2 aromatic carbocycles. The summed E-state index contributed by atoms with van der Waals surface area (Å²) in [5.74, 6) is 1.90. The van der Waals surface area contributed by atoms with Crippen molar-refractivity contribution in [3.8, 4) is 5.75 Å². The molecular weight excluding hydrogens is 320 g/mol. The molecule has 0 radical (unpaired) electrons. The summed E-state index contributed by atoms with van der Waals surface area (Å²) < 4.78 is 6.06. The molecule has 0 saturated heterocycles. The van der Waals surface area contributed by atoms with E-state index in [0.29, 0.717) is 18.4 Å². The van der Waals surface area contributed by atoms with Gasteiger partial charge in [0.2, 0.25) is 0 Å². The molecule has 0 heterocycles. The highest BCUT2D eigenvalue weighted by atomic mass is 16.5. The summed E-state index contributed by atoms with van der Waals surface area (Å²) in [7, 11) is 0. The summed E-state index contributed by atoms with van der Waals surface area (Å²) >= 11 is 0. The van der Waals surface area contributed by atoms with Crippen molar-refractivity contribution in [1.29, 1.82) is 0 Å². The van der Waals surface area contributed by atoms with Gasteiger partial charge in [-0.3, -0.25) is 4.79 Å². The first kappa shape index (κ1) is 20.0. The third-order valence-corrected chi connectivity index (χ3v) is 4.52. The van der Waals surface area contributed by atoms with E-state index in [1.165, 1.54) is 5.56 Å². The fourth-order valence-electron chi connectivity index (χ4n) is 2.92. The number of rotatable bonds is 7. The maximum atomic E-state index is 11.5. The fraction of sp³-hybridized carbons (Fsp3) is 0.375. The summed E-state index contributed by atoms with van der Waals surface area (Å²) in [5.41, 5.74) is 6.19. The molecule has 0 spiro atoms. The van der Waals surface area contributed by atoms with Crippen LogP contribution in [-0.4, -0.2) is 12.4 Å². The first-order valence-electron chi connectivity index (χ1n) is 9.28. The number of hydrogen-bond acceptors (Lipinski definition) is 2. The van der Waals surface area contributed by atoms with E-state index in [1.54, 1.807) is 6.92 Å². The van der Waals surface area contributed by atoms with Crippen LogP contribution in [0, 0.1) is 12.8 Å². The number of aryl methyl sites for hydroxylation is 1. The zero-order chi connectivity index (χ0) is 19.4. The lowest BCUT2D eigenvalue weighted by molar-refractivity contribution is 0.101. The van der Waals surface area contributed by atoms with Crippen LogP contribution < -0.4 is 4.74 Å². The van der Waals surface area contributed by atoms with Crippen LogP contribution in [0.4, 0.5) is 0 Å². The quantitative estimate of drug-likeness (QED) is 0.539. The minimum Gasteiger partial charge on any atom is -0.493 e. The Morgan fingerprint density at radius 2 is 1.62 bits per heavy atom. The molecule has 2 aromatic rings. The van der Waals surface area contributed by atoms with Gasteiger partial charge in [0, 0.05) is 5.56 Å². The lowest BCUT2D eigenvalue weighted by Crippen LogP contribution is -2.08. The van der Waals surface area contributed by atoms with Gasteiger partial charge in [-0.15, -0.1) is 0 Å². The van der Waals surface area contributed by atoms with E-state index in [1.807, 2.05) is 24.3 Å². The summed E-state index contributed by atoms with van der Waals surface area (Å²) in [5, 5.41) is 0. The van der Waals surface area contributed by atoms with Gasteiger partial charge >= 0.3 is 0 Å². The van der Waals surface area contributed by atoms with E-state index >= 15 is 0 Å². The van der Waals surface area contributed by atoms with Crippen molar-refractivity contribution >= 4 is 11.4 Å². The normalized spacial score (nSPS) is 11.1. The summed E-state index contributed by atoms with van der Waals surface area (Å²) in [6.45, 7) is 17.4. The second-order valence-corrected chi connectivity index (χ2v) is 7.68. The molecule has 0 bridgehead atoms. The second-order valence-electron chi connectivity index (χ2n) is 7.68. The highest BCUT2D eigenvalue weighted by Crippen LogP contribution is 2.34. The fourth-order valence-corrected chi connectivity index (χ4v) is 2.92. The molecule has 0 aliphatic carbocycles. The number of ether oxygens (including phenoxy) is 1. The Morgan fingerprint density at radius 3 is 2.12 bits per heavy atom. The van der Waals surface area contributed by atoms with E-state index in [0.717, 1.165) is 33.6 Å². The standard InChI is InChI=1S/C24H30O2/c1-15(2)14-26-24-12-17(5)23(13-22(24)16(3)4)18(6)20-8-10-21(11-9-20)19(7)25/h8-13,15-16H,6,14H2,1-5,7H3. The predicted octanol–water partition coefficient (Wildman–Crippen LogP) is 6.42. The van der Waals surface area contributed by atoms with E-state index < -0.39 is 0 Å². The Labute approximate surface area is 157 Å². The molecule has 26 heavy (non-hydrogen) atoms. The number of carbonyl (C=O) groups excluding carboxylic acids is 1. The van der Waals surface area contributed by atoms with Crippen LogP contribution in [0.25, 0.3) is 5.57 Å². The smallest absolute Gasteiger partial charge is 0.159 e. The number of carbonyl (C=O) groups is 1. The summed E-state index contributed by atoms with van der Waals surface area (Å²) in [6.07, 6.45) is 0. The summed E-state index contributed by atoms with van der Waals surface area (Å²) in [4.78, 5) is 11.5. The minimum absolute atomic E-state index is 0.0760. The average Bonchev–Trinajstić information content (AvgIpc) is 2.59. The van der Waals surface area contributed by atoms with E-state index in [9.17, 15) is 4.79 Å². The maximum absolute atomic E-state index is 11.5. The maximum Gasteiger partial charge on any atom is 0.159 e. The largest absolute Gasteiger partial charge is 0.493 e. The first-order valence-corrected chi connectivity index (χ1v) is 9.28. The van der Waals surface area contributed by atoms with Gasteiger partial charge < -0.3 is 4.74 Å². The van der Waals surface area contributed by atoms with Gasteiger partial charge in [0.25, 0.3) is 0 Å². The molecule has 2 nitrogen and oxygen atoms in total. The van der Waals surface area contributed by atoms with Crippen LogP contribution >= 0.6 is 0 Å². The third kappa shape index (κ3) is 4.63. The Kier molecular flexibility index (Phi) is 6.42. The third-order valence-electron chi connectivity index (χ3n) is 4.52. The molecule has 138 valence electrons. The molecule has 0 unspecified atom stereocenters. The Hall–Kier alpha value is -2.35. The van der Waals surface area contributed by atoms with Gasteiger partial charge in [0.05, 0.1) is 6.61 Å². The minimum atomic E-state index is 0.0760.